The third-order valence-electron chi connectivity index (χ3n) is 9.57. The number of aromatic nitrogens is 1. The van der Waals surface area contributed by atoms with Gasteiger partial charge in [0.15, 0.2) is 0 Å². The molecule has 2 aromatic rings. The number of amides is 2. The molecule has 2 amide bonds. The largest absolute Gasteiger partial charge is 0.496 e. The van der Waals surface area contributed by atoms with E-state index in [0.29, 0.717) is 25.1 Å². The number of hydrogen-bond acceptors (Lipinski definition) is 7. The number of aldehydes is 1. The Kier molecular flexibility index (Phi) is 7.12. The van der Waals surface area contributed by atoms with E-state index in [0.717, 1.165) is 72.8 Å². The predicted molar refractivity (Wildman–Crippen MR) is 153 cm³/mol. The van der Waals surface area contributed by atoms with Gasteiger partial charge in [-0.2, -0.15) is 0 Å². The molecule has 1 aliphatic carbocycles. The molecule has 40 heavy (non-hydrogen) atoms. The van der Waals surface area contributed by atoms with Gasteiger partial charge in [0.05, 0.1) is 25.4 Å². The monoisotopic (exact) mass is 560 g/mol. The van der Waals surface area contributed by atoms with Crippen molar-refractivity contribution in [2.75, 3.05) is 33.3 Å². The zero-order valence-corrected chi connectivity index (χ0v) is 24.0. The van der Waals surface area contributed by atoms with Gasteiger partial charge >= 0.3 is 0 Å². The van der Waals surface area contributed by atoms with Crippen LogP contribution < -0.4 is 5.32 Å². The Morgan fingerprint density at radius 3 is 2.75 bits per heavy atom. The predicted octanol–water partition coefficient (Wildman–Crippen LogP) is 3.95. The zero-order chi connectivity index (χ0) is 27.9. The summed E-state index contributed by atoms with van der Waals surface area (Å²) in [6.07, 6.45) is 6.23. The Bertz CT molecular complexity index is 1370. The fourth-order valence-electron chi connectivity index (χ4n) is 7.05. The third kappa shape index (κ3) is 4.39. The Balaban J connectivity index is 1.16. The van der Waals surface area contributed by atoms with Crippen LogP contribution in [-0.4, -0.2) is 72.2 Å². The highest BCUT2D eigenvalue weighted by atomic mass is 32.1. The van der Waals surface area contributed by atoms with Gasteiger partial charge in [0.1, 0.15) is 23.1 Å². The fraction of sp³-hybridized carbons (Fsp3) is 0.484. The third-order valence-corrected chi connectivity index (χ3v) is 10.4. The van der Waals surface area contributed by atoms with Gasteiger partial charge in [-0.1, -0.05) is 43.3 Å². The van der Waals surface area contributed by atoms with E-state index in [2.05, 4.69) is 40.7 Å². The summed E-state index contributed by atoms with van der Waals surface area (Å²) >= 11 is 1.72. The Morgan fingerprint density at radius 1 is 1.25 bits per heavy atom. The van der Waals surface area contributed by atoms with Gasteiger partial charge in [0, 0.05) is 46.4 Å². The number of thiazole rings is 1. The van der Waals surface area contributed by atoms with Crippen LogP contribution in [0.5, 0.6) is 0 Å². The van der Waals surface area contributed by atoms with E-state index >= 15 is 0 Å². The Labute approximate surface area is 239 Å². The smallest absolute Gasteiger partial charge is 0.254 e. The Morgan fingerprint density at radius 2 is 2.02 bits per heavy atom. The minimum atomic E-state index is -0.666. The minimum absolute atomic E-state index is 0.0140. The highest BCUT2D eigenvalue weighted by molar-refractivity contribution is 7.09. The van der Waals surface area contributed by atoms with Crippen molar-refractivity contribution in [1.82, 2.24) is 20.1 Å². The number of likely N-dealkylation sites (tertiary alicyclic amines) is 2. The van der Waals surface area contributed by atoms with E-state index in [1.807, 2.05) is 18.2 Å². The lowest BCUT2D eigenvalue weighted by Crippen LogP contribution is -2.48. The summed E-state index contributed by atoms with van der Waals surface area (Å²) in [5.74, 6) is 0.560. The quantitative estimate of drug-likeness (QED) is 0.492. The van der Waals surface area contributed by atoms with Crippen LogP contribution in [0.3, 0.4) is 0 Å². The van der Waals surface area contributed by atoms with Crippen LogP contribution in [0.2, 0.25) is 0 Å². The average Bonchev–Trinajstić information content (AvgIpc) is 3.65. The van der Waals surface area contributed by atoms with Crippen molar-refractivity contribution in [3.63, 3.8) is 0 Å². The maximum Gasteiger partial charge on any atom is 0.254 e. The molecule has 3 aliphatic heterocycles. The van der Waals surface area contributed by atoms with Crippen LogP contribution in [-0.2, 0) is 25.7 Å². The number of nitrogens with one attached hydrogen (secondary N) is 1. The van der Waals surface area contributed by atoms with Crippen LogP contribution in [0.15, 0.2) is 58.7 Å². The summed E-state index contributed by atoms with van der Waals surface area (Å²) in [6.45, 7) is 6.12. The van der Waals surface area contributed by atoms with Crippen LogP contribution in [0.25, 0.3) is 11.3 Å². The van der Waals surface area contributed by atoms with Gasteiger partial charge in [-0.25, -0.2) is 4.98 Å². The number of fused-ring (bicyclic) bond motifs is 3. The molecule has 1 N–H and O–H groups in total. The van der Waals surface area contributed by atoms with Crippen molar-refractivity contribution in [1.29, 1.82) is 0 Å². The van der Waals surface area contributed by atoms with Crippen molar-refractivity contribution < 1.29 is 19.1 Å². The van der Waals surface area contributed by atoms with Crippen molar-refractivity contribution in [2.24, 2.45) is 10.8 Å². The van der Waals surface area contributed by atoms with Crippen molar-refractivity contribution in [2.45, 2.75) is 51.6 Å². The first-order valence-electron chi connectivity index (χ1n) is 14.1. The summed E-state index contributed by atoms with van der Waals surface area (Å²) in [5.41, 5.74) is 3.62. The van der Waals surface area contributed by atoms with Crippen LogP contribution in [0, 0.1) is 10.8 Å². The van der Waals surface area contributed by atoms with E-state index in [4.69, 9.17) is 9.72 Å². The SMILES string of the molecule is CNC(=O)C(CCC=O)N1CC2=C3OCC4(CCN(Cc5nc(-c6ccccc6)cs5)CC4)C3(C)CC=C2C1=O. The van der Waals surface area contributed by atoms with E-state index in [-0.39, 0.29) is 29.1 Å². The molecule has 0 radical (unpaired) electrons. The number of nitrogens with zero attached hydrogens (tertiary/aromatic N) is 3. The molecule has 2 atom stereocenters. The van der Waals surface area contributed by atoms with Crippen molar-refractivity contribution in [3.8, 4) is 11.3 Å². The van der Waals surface area contributed by atoms with Gasteiger partial charge in [0.25, 0.3) is 5.91 Å². The number of ether oxygens (including phenoxy) is 1. The number of allylic oxidation sites excluding steroid dienone is 2. The first-order chi connectivity index (χ1) is 19.4. The lowest BCUT2D eigenvalue weighted by Gasteiger charge is -2.47. The topological polar surface area (TPSA) is 91.8 Å². The van der Waals surface area contributed by atoms with Crippen LogP contribution in [0.4, 0.5) is 0 Å². The molecule has 2 unspecified atom stereocenters. The maximum atomic E-state index is 13.4. The zero-order valence-electron chi connectivity index (χ0n) is 23.2. The molecule has 0 bridgehead atoms. The van der Waals surface area contributed by atoms with Crippen LogP contribution in [0.1, 0.15) is 44.0 Å². The molecule has 4 heterocycles. The second kappa shape index (κ2) is 10.6. The molecule has 3 saturated heterocycles. The normalized spacial score (nSPS) is 24.4. The summed E-state index contributed by atoms with van der Waals surface area (Å²) in [6, 6.07) is 9.64. The molecular formula is C31H36N4O4S. The maximum absolute atomic E-state index is 13.4. The lowest BCUT2D eigenvalue weighted by molar-refractivity contribution is -0.136. The van der Waals surface area contributed by atoms with Crippen LogP contribution >= 0.6 is 11.3 Å². The highest BCUT2D eigenvalue weighted by Crippen LogP contribution is 2.62. The van der Waals surface area contributed by atoms with E-state index in [9.17, 15) is 14.4 Å². The second-order valence-corrected chi connectivity index (χ2v) is 12.5. The highest BCUT2D eigenvalue weighted by Gasteiger charge is 2.60. The molecule has 210 valence electrons. The fourth-order valence-corrected chi connectivity index (χ4v) is 7.89. The summed E-state index contributed by atoms with van der Waals surface area (Å²) in [4.78, 5) is 46.1. The number of carbonyl (C=O) groups excluding carboxylic acids is 3. The molecule has 1 aromatic heterocycles. The summed E-state index contributed by atoms with van der Waals surface area (Å²) in [5, 5.41) is 5.95. The molecule has 9 heteroatoms. The number of rotatable bonds is 8. The number of hydrogen-bond donors (Lipinski definition) is 1. The van der Waals surface area contributed by atoms with Gasteiger partial charge in [-0.3, -0.25) is 14.5 Å². The lowest BCUT2D eigenvalue weighted by atomic mass is 9.57. The van der Waals surface area contributed by atoms with Gasteiger partial charge in [0.2, 0.25) is 5.91 Å². The summed E-state index contributed by atoms with van der Waals surface area (Å²) in [7, 11) is 1.56. The van der Waals surface area contributed by atoms with Gasteiger partial charge in [-0.15, -0.1) is 11.3 Å². The van der Waals surface area contributed by atoms with Gasteiger partial charge < -0.3 is 19.7 Å². The van der Waals surface area contributed by atoms with E-state index < -0.39 is 6.04 Å². The van der Waals surface area contributed by atoms with E-state index in [1.165, 1.54) is 0 Å². The second-order valence-electron chi connectivity index (χ2n) is 11.6. The number of carbonyl (C=O) groups is 3. The number of likely N-dealkylation sites (N-methyl/N-ethyl adjacent to an activating group) is 1. The van der Waals surface area contributed by atoms with E-state index in [1.54, 1.807) is 23.3 Å². The summed E-state index contributed by atoms with van der Waals surface area (Å²) < 4.78 is 6.49. The standard InChI is InChI=1S/C31H36N4O4S/c1-30-11-10-22-23(17-35(29(22)38)25(9-6-16-36)28(37)32-2)27(30)39-20-31(30)12-14-34(15-13-31)18-26-33-24(19-40-26)21-7-4-3-5-8-21/h3-5,7-8,10,16,19,25H,6,9,11-15,17-18,20H2,1-2H3,(H,32,37). The Hall–Kier alpha value is -3.30. The molecular weight excluding hydrogens is 524 g/mol. The molecule has 8 nitrogen and oxygen atoms in total. The molecule has 6 rings (SSSR count). The molecule has 0 saturated carbocycles. The molecule has 4 aliphatic rings. The first kappa shape index (κ1) is 26.9. The number of benzene rings is 1. The van der Waals surface area contributed by atoms with Gasteiger partial charge in [-0.05, 0) is 38.8 Å². The molecule has 3 fully saturated rings. The van der Waals surface area contributed by atoms with Crippen molar-refractivity contribution in [3.05, 3.63) is 63.7 Å². The number of piperidine rings is 1. The first-order valence-corrected chi connectivity index (χ1v) is 15.0. The minimum Gasteiger partial charge on any atom is -0.496 e. The molecule has 1 aromatic carbocycles. The average molecular weight is 561 g/mol. The van der Waals surface area contributed by atoms with Crippen molar-refractivity contribution >= 4 is 29.4 Å². The molecule has 1 spiro atoms.